The molecule has 4 rings (SSSR count). The van der Waals surface area contributed by atoms with Crippen LogP contribution in [0, 0.1) is 46.3 Å². The van der Waals surface area contributed by atoms with Gasteiger partial charge in [0.1, 0.15) is 6.10 Å². The molecule has 0 heterocycles. The van der Waals surface area contributed by atoms with Crippen molar-refractivity contribution in [2.45, 2.75) is 247 Å². The second kappa shape index (κ2) is 23.9. The number of allylic oxidation sites excluding steroid dienone is 3. The zero-order valence-electron chi connectivity index (χ0n) is 36.5. The number of hydrogen-bond acceptors (Lipinski definition) is 2. The molecule has 0 aliphatic heterocycles. The molecular weight excluding hydrogens is 645 g/mol. The van der Waals surface area contributed by atoms with Crippen molar-refractivity contribution in [1.29, 1.82) is 0 Å². The molecule has 3 fully saturated rings. The summed E-state index contributed by atoms with van der Waals surface area (Å²) in [6.07, 6.45) is 48.3. The van der Waals surface area contributed by atoms with Gasteiger partial charge in [-0.05, 0) is 123 Å². The summed E-state index contributed by atoms with van der Waals surface area (Å²) in [5, 5.41) is 0. The van der Waals surface area contributed by atoms with Crippen LogP contribution in [0.15, 0.2) is 23.8 Å². The number of fused-ring (bicyclic) bond motifs is 5. The van der Waals surface area contributed by atoms with Gasteiger partial charge in [-0.3, -0.25) is 4.79 Å². The lowest BCUT2D eigenvalue weighted by Gasteiger charge is -2.58. The van der Waals surface area contributed by atoms with Gasteiger partial charge in [0.15, 0.2) is 0 Å². The molecule has 0 N–H and O–H groups in total. The molecule has 4 aliphatic rings. The largest absolute Gasteiger partial charge is 0.462 e. The number of carbonyl (C=O) groups excluding carboxylic acids is 1. The van der Waals surface area contributed by atoms with E-state index in [0.29, 0.717) is 17.3 Å². The van der Waals surface area contributed by atoms with E-state index in [0.717, 1.165) is 54.8 Å². The van der Waals surface area contributed by atoms with E-state index < -0.39 is 0 Å². The summed E-state index contributed by atoms with van der Waals surface area (Å²) in [7, 11) is 0. The molecule has 53 heavy (non-hydrogen) atoms. The van der Waals surface area contributed by atoms with Crippen LogP contribution in [-0.4, -0.2) is 12.1 Å². The minimum atomic E-state index is 0.0640. The Hall–Kier alpha value is -1.05. The minimum Gasteiger partial charge on any atom is -0.462 e. The zero-order chi connectivity index (χ0) is 37.9. The maximum Gasteiger partial charge on any atom is 0.306 e. The van der Waals surface area contributed by atoms with Crippen LogP contribution >= 0.6 is 0 Å². The third kappa shape index (κ3) is 13.8. The summed E-state index contributed by atoms with van der Waals surface area (Å²) in [6, 6.07) is 0. The SMILES string of the molecule is CCCCCCCCC=CCCCCCCCCCCCCCC(=O)OC1CC[C@@]2(C)C(=CCC3C2CC[C@@]2(C)C3CC[C@@H]2[C@H](C)CCCC(C)C)C1. The predicted octanol–water partition coefficient (Wildman–Crippen LogP) is 16.3. The highest BCUT2D eigenvalue weighted by Gasteiger charge is 2.59. The Morgan fingerprint density at radius 3 is 1.94 bits per heavy atom. The fourth-order valence-corrected chi connectivity index (χ4v) is 12.4. The predicted molar refractivity (Wildman–Crippen MR) is 230 cm³/mol. The smallest absolute Gasteiger partial charge is 0.306 e. The second-order valence-electron chi connectivity index (χ2n) is 20.1. The average Bonchev–Trinajstić information content (AvgIpc) is 3.49. The fraction of sp³-hybridized carbons (Fsp3) is 0.902. The number of ether oxygens (including phenoxy) is 1. The Balaban J connectivity index is 1.01. The van der Waals surface area contributed by atoms with Gasteiger partial charge in [0.25, 0.3) is 0 Å². The molecule has 8 atom stereocenters. The van der Waals surface area contributed by atoms with Gasteiger partial charge in [-0.25, -0.2) is 0 Å². The molecule has 0 aromatic carbocycles. The highest BCUT2D eigenvalue weighted by molar-refractivity contribution is 5.69. The van der Waals surface area contributed by atoms with Crippen LogP contribution in [-0.2, 0) is 9.53 Å². The Morgan fingerprint density at radius 1 is 0.717 bits per heavy atom. The molecule has 0 radical (unpaired) electrons. The molecule has 2 heteroatoms. The van der Waals surface area contributed by atoms with Gasteiger partial charge in [0, 0.05) is 12.8 Å². The van der Waals surface area contributed by atoms with E-state index in [9.17, 15) is 4.79 Å². The summed E-state index contributed by atoms with van der Waals surface area (Å²) in [5.41, 5.74) is 2.53. The van der Waals surface area contributed by atoms with Crippen LogP contribution < -0.4 is 0 Å². The zero-order valence-corrected chi connectivity index (χ0v) is 36.5. The topological polar surface area (TPSA) is 26.3 Å². The summed E-state index contributed by atoms with van der Waals surface area (Å²) in [4.78, 5) is 12.9. The standard InChI is InChI=1S/C51H90O2/c1-7-8-9-10-11-12-13-14-15-16-17-18-19-20-21-22-23-24-25-26-27-31-49(52)53-44-36-38-50(5)43(40-44)32-33-45-47-35-34-46(42(4)30-28-29-41(2)3)51(47,6)39-37-48(45)50/h14-15,32,41-42,44-48H,7-13,16-31,33-40H2,1-6H3/t42-,44?,45?,46-,47?,48?,50+,51-/m1/s1. The maximum atomic E-state index is 12.9. The van der Waals surface area contributed by atoms with Crippen molar-refractivity contribution in [3.05, 3.63) is 23.8 Å². The van der Waals surface area contributed by atoms with Crippen LogP contribution in [0.25, 0.3) is 0 Å². The summed E-state index contributed by atoms with van der Waals surface area (Å²) in [6.45, 7) is 15.0. The van der Waals surface area contributed by atoms with Gasteiger partial charge >= 0.3 is 5.97 Å². The van der Waals surface area contributed by atoms with Crippen molar-refractivity contribution in [3.8, 4) is 0 Å². The minimum absolute atomic E-state index is 0.0640. The van der Waals surface area contributed by atoms with Gasteiger partial charge in [0.05, 0.1) is 0 Å². The van der Waals surface area contributed by atoms with Crippen LogP contribution in [0.3, 0.4) is 0 Å². The van der Waals surface area contributed by atoms with E-state index in [-0.39, 0.29) is 12.1 Å². The van der Waals surface area contributed by atoms with Crippen molar-refractivity contribution in [2.24, 2.45) is 46.3 Å². The lowest BCUT2D eigenvalue weighted by atomic mass is 9.47. The number of carbonyl (C=O) groups is 1. The maximum absolute atomic E-state index is 12.9. The first kappa shape index (κ1) is 44.7. The Labute approximate surface area is 331 Å². The molecule has 4 unspecified atom stereocenters. The average molecular weight is 735 g/mol. The van der Waals surface area contributed by atoms with Gasteiger partial charge in [-0.2, -0.15) is 0 Å². The Bertz CT molecular complexity index is 1070. The summed E-state index contributed by atoms with van der Waals surface area (Å²) in [5.74, 6) is 5.33. The van der Waals surface area contributed by atoms with Crippen LogP contribution in [0.5, 0.6) is 0 Å². The van der Waals surface area contributed by atoms with Crippen LogP contribution in [0.2, 0.25) is 0 Å². The monoisotopic (exact) mass is 735 g/mol. The van der Waals surface area contributed by atoms with E-state index >= 15 is 0 Å². The molecule has 0 saturated heterocycles. The van der Waals surface area contributed by atoms with E-state index in [1.54, 1.807) is 5.57 Å². The molecule has 0 aromatic heterocycles. The first-order valence-electron chi connectivity index (χ1n) is 24.2. The quantitative estimate of drug-likeness (QED) is 0.0477. The second-order valence-corrected chi connectivity index (χ2v) is 20.1. The van der Waals surface area contributed by atoms with Gasteiger partial charge in [-0.15, -0.1) is 0 Å². The Kier molecular flexibility index (Phi) is 20.1. The van der Waals surface area contributed by atoms with Gasteiger partial charge in [0.2, 0.25) is 0 Å². The first-order valence-corrected chi connectivity index (χ1v) is 24.2. The van der Waals surface area contributed by atoms with Crippen molar-refractivity contribution >= 4 is 5.97 Å². The van der Waals surface area contributed by atoms with Gasteiger partial charge < -0.3 is 4.74 Å². The number of hydrogen-bond donors (Lipinski definition) is 0. The van der Waals surface area contributed by atoms with Crippen molar-refractivity contribution in [2.75, 3.05) is 0 Å². The van der Waals surface area contributed by atoms with E-state index in [1.807, 2.05) is 0 Å². The van der Waals surface area contributed by atoms with Crippen LogP contribution in [0.4, 0.5) is 0 Å². The van der Waals surface area contributed by atoms with E-state index in [4.69, 9.17) is 4.74 Å². The fourth-order valence-electron chi connectivity index (χ4n) is 12.4. The molecule has 306 valence electrons. The van der Waals surface area contributed by atoms with Crippen molar-refractivity contribution in [3.63, 3.8) is 0 Å². The first-order chi connectivity index (χ1) is 25.7. The van der Waals surface area contributed by atoms with Crippen LogP contribution in [0.1, 0.15) is 241 Å². The highest BCUT2D eigenvalue weighted by Crippen LogP contribution is 2.67. The molecule has 0 bridgehead atoms. The molecule has 2 nitrogen and oxygen atoms in total. The molecule has 4 aliphatic carbocycles. The van der Waals surface area contributed by atoms with Crippen molar-refractivity contribution < 1.29 is 9.53 Å². The van der Waals surface area contributed by atoms with Crippen molar-refractivity contribution in [1.82, 2.24) is 0 Å². The normalized spacial score (nSPS) is 30.2. The number of rotatable bonds is 27. The lowest BCUT2D eigenvalue weighted by molar-refractivity contribution is -0.151. The van der Waals surface area contributed by atoms with E-state index in [1.165, 1.54) is 173 Å². The number of esters is 1. The molecule has 0 spiro atoms. The highest BCUT2D eigenvalue weighted by atomic mass is 16.5. The molecule has 0 amide bonds. The number of unbranched alkanes of at least 4 members (excludes halogenated alkanes) is 17. The molecule has 0 aromatic rings. The van der Waals surface area contributed by atoms with Gasteiger partial charge in [-0.1, -0.05) is 174 Å². The lowest BCUT2D eigenvalue weighted by Crippen LogP contribution is -2.51. The molecule has 3 saturated carbocycles. The third-order valence-electron chi connectivity index (χ3n) is 15.7. The van der Waals surface area contributed by atoms with E-state index in [2.05, 4.69) is 59.8 Å². The third-order valence-corrected chi connectivity index (χ3v) is 15.7. The summed E-state index contributed by atoms with van der Waals surface area (Å²) >= 11 is 0. The Morgan fingerprint density at radius 2 is 1.32 bits per heavy atom. The molecular formula is C51H90O2. The summed E-state index contributed by atoms with van der Waals surface area (Å²) < 4.78 is 6.15.